The molecular weight excluding hydrogens is 224 g/mol. The van der Waals surface area contributed by atoms with Crippen molar-refractivity contribution in [1.82, 2.24) is 0 Å². The molecule has 2 aromatic rings. The van der Waals surface area contributed by atoms with Gasteiger partial charge in [0.2, 0.25) is 0 Å². The first-order chi connectivity index (χ1) is 8.56. The van der Waals surface area contributed by atoms with Crippen molar-refractivity contribution >= 4 is 11.4 Å². The minimum atomic E-state index is 0.782. The van der Waals surface area contributed by atoms with Gasteiger partial charge in [-0.1, -0.05) is 6.07 Å². The lowest BCUT2D eigenvalue weighted by atomic mass is 10.2. The van der Waals surface area contributed by atoms with E-state index in [1.807, 2.05) is 68.4 Å². The fourth-order valence-corrected chi connectivity index (χ4v) is 1.67. The zero-order valence-electron chi connectivity index (χ0n) is 11.0. The first-order valence-corrected chi connectivity index (χ1v) is 5.87. The monoisotopic (exact) mass is 242 g/mol. The molecule has 0 aliphatic heterocycles. The van der Waals surface area contributed by atoms with Gasteiger partial charge in [0.15, 0.2) is 0 Å². The lowest BCUT2D eigenvalue weighted by molar-refractivity contribution is 0.482. The summed E-state index contributed by atoms with van der Waals surface area (Å²) in [5, 5.41) is 0. The highest BCUT2D eigenvalue weighted by Gasteiger charge is 2.02. The largest absolute Gasteiger partial charge is 0.457 e. The average Bonchev–Trinajstić information content (AvgIpc) is 2.34. The van der Waals surface area contributed by atoms with Gasteiger partial charge in [-0.2, -0.15) is 0 Å². The molecule has 0 unspecified atom stereocenters. The minimum absolute atomic E-state index is 0.782. The van der Waals surface area contributed by atoms with Crippen molar-refractivity contribution in [2.75, 3.05) is 24.7 Å². The third-order valence-electron chi connectivity index (χ3n) is 2.81. The van der Waals surface area contributed by atoms with Gasteiger partial charge in [-0.25, -0.2) is 0 Å². The molecule has 0 spiro atoms. The molecule has 0 amide bonds. The van der Waals surface area contributed by atoms with Crippen LogP contribution < -0.4 is 15.4 Å². The number of rotatable bonds is 3. The quantitative estimate of drug-likeness (QED) is 0.838. The zero-order chi connectivity index (χ0) is 13.1. The standard InChI is InChI=1S/C15H18N2O/c1-11-9-14(7-8-15(11)16)18-13-6-4-5-12(10-13)17(2)3/h4-10H,16H2,1-3H3. The molecule has 0 saturated carbocycles. The summed E-state index contributed by atoms with van der Waals surface area (Å²) < 4.78 is 5.82. The molecule has 94 valence electrons. The van der Waals surface area contributed by atoms with Gasteiger partial charge in [0.25, 0.3) is 0 Å². The Morgan fingerprint density at radius 2 is 1.72 bits per heavy atom. The SMILES string of the molecule is Cc1cc(Oc2cccc(N(C)C)c2)ccc1N. The van der Waals surface area contributed by atoms with Crippen LogP contribution in [0, 0.1) is 6.92 Å². The molecule has 0 atom stereocenters. The van der Waals surface area contributed by atoms with E-state index in [0.717, 1.165) is 28.4 Å². The molecule has 2 rings (SSSR count). The Hall–Kier alpha value is -2.16. The molecule has 2 N–H and O–H groups in total. The number of ether oxygens (including phenoxy) is 1. The number of anilines is 2. The van der Waals surface area contributed by atoms with Crippen LogP contribution >= 0.6 is 0 Å². The van der Waals surface area contributed by atoms with Gasteiger partial charge in [0.1, 0.15) is 11.5 Å². The van der Waals surface area contributed by atoms with E-state index in [2.05, 4.69) is 0 Å². The first-order valence-electron chi connectivity index (χ1n) is 5.87. The smallest absolute Gasteiger partial charge is 0.129 e. The maximum atomic E-state index is 5.82. The minimum Gasteiger partial charge on any atom is -0.457 e. The van der Waals surface area contributed by atoms with Crippen LogP contribution in [-0.2, 0) is 0 Å². The second kappa shape index (κ2) is 5.00. The summed E-state index contributed by atoms with van der Waals surface area (Å²) in [6.45, 7) is 1.97. The van der Waals surface area contributed by atoms with E-state index in [1.54, 1.807) is 0 Å². The Morgan fingerprint density at radius 3 is 2.39 bits per heavy atom. The number of hydrogen-bond acceptors (Lipinski definition) is 3. The number of benzene rings is 2. The van der Waals surface area contributed by atoms with Crippen molar-refractivity contribution in [1.29, 1.82) is 0 Å². The molecule has 0 saturated heterocycles. The van der Waals surface area contributed by atoms with Gasteiger partial charge in [-0.15, -0.1) is 0 Å². The molecule has 3 heteroatoms. The van der Waals surface area contributed by atoms with Gasteiger partial charge >= 0.3 is 0 Å². The van der Waals surface area contributed by atoms with Crippen molar-refractivity contribution < 1.29 is 4.74 Å². The Balaban J connectivity index is 2.23. The summed E-state index contributed by atoms with van der Waals surface area (Å²) in [7, 11) is 4.01. The summed E-state index contributed by atoms with van der Waals surface area (Å²) in [5.74, 6) is 1.63. The number of aryl methyl sites for hydroxylation is 1. The summed E-state index contributed by atoms with van der Waals surface area (Å²) in [5.41, 5.74) is 8.70. The van der Waals surface area contributed by atoms with Crippen LogP contribution in [0.25, 0.3) is 0 Å². The van der Waals surface area contributed by atoms with E-state index in [-0.39, 0.29) is 0 Å². The van der Waals surface area contributed by atoms with Crippen LogP contribution in [0.15, 0.2) is 42.5 Å². The predicted octanol–water partition coefficient (Wildman–Crippen LogP) is 3.44. The number of hydrogen-bond donors (Lipinski definition) is 1. The van der Waals surface area contributed by atoms with Crippen LogP contribution in [0.4, 0.5) is 11.4 Å². The summed E-state index contributed by atoms with van der Waals surface area (Å²) >= 11 is 0. The topological polar surface area (TPSA) is 38.5 Å². The Kier molecular flexibility index (Phi) is 3.42. The zero-order valence-corrected chi connectivity index (χ0v) is 11.0. The van der Waals surface area contributed by atoms with Crippen molar-refractivity contribution in [3.63, 3.8) is 0 Å². The summed E-state index contributed by atoms with van der Waals surface area (Å²) in [4.78, 5) is 2.04. The van der Waals surface area contributed by atoms with Crippen LogP contribution in [0.2, 0.25) is 0 Å². The van der Waals surface area contributed by atoms with Crippen molar-refractivity contribution in [3.05, 3.63) is 48.0 Å². The first kappa shape index (κ1) is 12.3. The van der Waals surface area contributed by atoms with E-state index in [1.165, 1.54) is 0 Å². The van der Waals surface area contributed by atoms with E-state index < -0.39 is 0 Å². The number of nitrogen functional groups attached to an aromatic ring is 1. The maximum Gasteiger partial charge on any atom is 0.129 e. The molecule has 0 radical (unpaired) electrons. The Bertz CT molecular complexity index is 550. The third kappa shape index (κ3) is 2.74. The molecular formula is C15H18N2O. The summed E-state index contributed by atoms with van der Waals surface area (Å²) in [6.07, 6.45) is 0. The lowest BCUT2D eigenvalue weighted by Gasteiger charge is -2.14. The molecule has 0 fully saturated rings. The molecule has 3 nitrogen and oxygen atoms in total. The summed E-state index contributed by atoms with van der Waals surface area (Å²) in [6, 6.07) is 13.7. The number of nitrogens with zero attached hydrogens (tertiary/aromatic N) is 1. The van der Waals surface area contributed by atoms with Gasteiger partial charge < -0.3 is 15.4 Å². The highest BCUT2D eigenvalue weighted by Crippen LogP contribution is 2.27. The van der Waals surface area contributed by atoms with Crippen LogP contribution in [0.5, 0.6) is 11.5 Å². The fourth-order valence-electron chi connectivity index (χ4n) is 1.67. The molecule has 0 aromatic heterocycles. The third-order valence-corrected chi connectivity index (χ3v) is 2.81. The second-order valence-corrected chi connectivity index (χ2v) is 4.51. The molecule has 0 heterocycles. The van der Waals surface area contributed by atoms with Gasteiger partial charge in [0.05, 0.1) is 0 Å². The van der Waals surface area contributed by atoms with Crippen molar-refractivity contribution in [2.45, 2.75) is 6.92 Å². The van der Waals surface area contributed by atoms with Crippen LogP contribution in [0.3, 0.4) is 0 Å². The molecule has 18 heavy (non-hydrogen) atoms. The van der Waals surface area contributed by atoms with E-state index in [9.17, 15) is 0 Å². The highest BCUT2D eigenvalue weighted by molar-refractivity contribution is 5.52. The number of nitrogens with two attached hydrogens (primary N) is 1. The maximum absolute atomic E-state index is 5.82. The normalized spacial score (nSPS) is 10.2. The van der Waals surface area contributed by atoms with Crippen LogP contribution in [0.1, 0.15) is 5.56 Å². The molecule has 2 aromatic carbocycles. The molecule has 0 aliphatic rings. The van der Waals surface area contributed by atoms with Crippen molar-refractivity contribution in [3.8, 4) is 11.5 Å². The van der Waals surface area contributed by atoms with Gasteiger partial charge in [-0.3, -0.25) is 0 Å². The average molecular weight is 242 g/mol. The molecule has 0 bridgehead atoms. The van der Waals surface area contributed by atoms with E-state index >= 15 is 0 Å². The predicted molar refractivity (Wildman–Crippen MR) is 76.4 cm³/mol. The van der Waals surface area contributed by atoms with Gasteiger partial charge in [-0.05, 0) is 42.8 Å². The van der Waals surface area contributed by atoms with E-state index in [0.29, 0.717) is 0 Å². The molecule has 0 aliphatic carbocycles. The lowest BCUT2D eigenvalue weighted by Crippen LogP contribution is -2.08. The Labute approximate surface area is 108 Å². The van der Waals surface area contributed by atoms with Crippen LogP contribution in [-0.4, -0.2) is 14.1 Å². The van der Waals surface area contributed by atoms with Gasteiger partial charge in [0, 0.05) is 31.5 Å². The highest BCUT2D eigenvalue weighted by atomic mass is 16.5. The van der Waals surface area contributed by atoms with E-state index in [4.69, 9.17) is 10.5 Å². The second-order valence-electron chi connectivity index (χ2n) is 4.51. The van der Waals surface area contributed by atoms with Crippen molar-refractivity contribution in [2.24, 2.45) is 0 Å². The fraction of sp³-hybridized carbons (Fsp3) is 0.200. The Morgan fingerprint density at radius 1 is 1.00 bits per heavy atom.